The summed E-state index contributed by atoms with van der Waals surface area (Å²) >= 11 is 0. The zero-order valence-corrected chi connectivity index (χ0v) is 18.3. The Kier molecular flexibility index (Phi) is 10.2. The van der Waals surface area contributed by atoms with Crippen molar-refractivity contribution in [3.63, 3.8) is 0 Å². The number of carbonyl (C=O) groups is 1. The van der Waals surface area contributed by atoms with Gasteiger partial charge in [-0.3, -0.25) is 10.2 Å². The van der Waals surface area contributed by atoms with Crippen LogP contribution in [0.25, 0.3) is 0 Å². The molecule has 2 atom stereocenters. The number of piperidine rings is 1. The lowest BCUT2D eigenvalue weighted by molar-refractivity contribution is -0.252. The molecule has 0 amide bonds. The number of nitrogens with zero attached hydrogens (tertiary/aromatic N) is 2. The molecule has 1 rings (SSSR count). The number of rotatable bonds is 8. The smallest absolute Gasteiger partial charge is 0.309 e. The van der Waals surface area contributed by atoms with Crippen LogP contribution in [0.5, 0.6) is 0 Å². The van der Waals surface area contributed by atoms with E-state index in [4.69, 9.17) is 15.7 Å². The standard InChI is InChI=1S/C20H36N4O3.H3N/c1-14(10-11-17(21)23-22)8-7-9-15(2)27-18(25)16-12-19(3,4)24(26)20(5,6)13-16;/h10-11,14-16,21-22,26H,7-9,12-13H2,1-6H3;1H3/b11-10+,21-17?,23-22?;. The van der Waals surface area contributed by atoms with E-state index in [-0.39, 0.29) is 35.9 Å². The first-order valence-electron chi connectivity index (χ1n) is 9.73. The molecule has 1 fully saturated rings. The topological polar surface area (TPSA) is 145 Å². The summed E-state index contributed by atoms with van der Waals surface area (Å²) in [7, 11) is 0. The van der Waals surface area contributed by atoms with E-state index in [1.54, 1.807) is 0 Å². The van der Waals surface area contributed by atoms with Gasteiger partial charge in [0, 0.05) is 11.1 Å². The average molecular weight is 398 g/mol. The van der Waals surface area contributed by atoms with Crippen molar-refractivity contribution in [2.75, 3.05) is 0 Å². The zero-order valence-electron chi connectivity index (χ0n) is 18.3. The van der Waals surface area contributed by atoms with E-state index in [0.29, 0.717) is 12.8 Å². The molecular formula is C20H39N5O3. The number of hydroxylamine groups is 2. The SMILES string of the molecule is CC(/C=C/C(=N)N=N)CCCC(C)OC(=O)C1CC(C)(C)N(O)C(C)(C)C1.N. The third kappa shape index (κ3) is 7.77. The van der Waals surface area contributed by atoms with Gasteiger partial charge in [0.05, 0.1) is 12.0 Å². The van der Waals surface area contributed by atoms with Crippen LogP contribution in [0.3, 0.4) is 0 Å². The van der Waals surface area contributed by atoms with Crippen LogP contribution in [0.1, 0.15) is 73.6 Å². The van der Waals surface area contributed by atoms with E-state index >= 15 is 0 Å². The van der Waals surface area contributed by atoms with Gasteiger partial charge in [0.25, 0.3) is 0 Å². The second-order valence-corrected chi connectivity index (χ2v) is 9.05. The number of ether oxygens (including phenoxy) is 1. The monoisotopic (exact) mass is 397 g/mol. The van der Waals surface area contributed by atoms with Crippen molar-refractivity contribution in [1.82, 2.24) is 11.2 Å². The van der Waals surface area contributed by atoms with Crippen LogP contribution in [0.4, 0.5) is 0 Å². The molecule has 0 saturated carbocycles. The molecule has 162 valence electrons. The highest BCUT2D eigenvalue weighted by molar-refractivity contribution is 5.90. The Morgan fingerprint density at radius 1 is 1.25 bits per heavy atom. The molecule has 0 aromatic carbocycles. The molecule has 0 bridgehead atoms. The third-order valence-electron chi connectivity index (χ3n) is 5.26. The highest BCUT2D eigenvalue weighted by Gasteiger charge is 2.47. The van der Waals surface area contributed by atoms with Crippen molar-refractivity contribution in [1.29, 1.82) is 10.9 Å². The van der Waals surface area contributed by atoms with E-state index in [2.05, 4.69) is 12.0 Å². The number of amidine groups is 1. The van der Waals surface area contributed by atoms with Gasteiger partial charge in [0.1, 0.15) is 0 Å². The molecule has 2 unspecified atom stereocenters. The molecule has 0 spiro atoms. The van der Waals surface area contributed by atoms with E-state index in [0.717, 1.165) is 19.3 Å². The summed E-state index contributed by atoms with van der Waals surface area (Å²) in [6.07, 6.45) is 7.05. The predicted molar refractivity (Wildman–Crippen MR) is 110 cm³/mol. The van der Waals surface area contributed by atoms with Crippen LogP contribution in [0.15, 0.2) is 17.3 Å². The third-order valence-corrected chi connectivity index (χ3v) is 5.26. The van der Waals surface area contributed by atoms with Crippen molar-refractivity contribution < 1.29 is 14.7 Å². The Morgan fingerprint density at radius 3 is 2.29 bits per heavy atom. The van der Waals surface area contributed by atoms with Crippen molar-refractivity contribution in [3.8, 4) is 0 Å². The summed E-state index contributed by atoms with van der Waals surface area (Å²) in [6.45, 7) is 11.8. The molecule has 6 N–H and O–H groups in total. The molecule has 1 heterocycles. The minimum Gasteiger partial charge on any atom is -0.462 e. The first-order chi connectivity index (χ1) is 12.4. The van der Waals surface area contributed by atoms with Gasteiger partial charge in [0.15, 0.2) is 5.84 Å². The van der Waals surface area contributed by atoms with Gasteiger partial charge < -0.3 is 16.1 Å². The fraction of sp³-hybridized carbons (Fsp3) is 0.800. The maximum atomic E-state index is 12.6. The number of hydrogen-bond acceptors (Lipinski definition) is 7. The van der Waals surface area contributed by atoms with Gasteiger partial charge in [-0.05, 0) is 78.7 Å². The molecule has 28 heavy (non-hydrogen) atoms. The van der Waals surface area contributed by atoms with Crippen LogP contribution in [-0.2, 0) is 9.53 Å². The number of hydrogen-bond donors (Lipinski definition) is 4. The molecular weight excluding hydrogens is 358 g/mol. The van der Waals surface area contributed by atoms with E-state index in [1.165, 1.54) is 11.1 Å². The first-order valence-corrected chi connectivity index (χ1v) is 9.73. The van der Waals surface area contributed by atoms with Crippen molar-refractivity contribution in [2.24, 2.45) is 17.0 Å². The van der Waals surface area contributed by atoms with Crippen molar-refractivity contribution in [2.45, 2.75) is 90.8 Å². The number of carbonyl (C=O) groups excluding carboxylic acids is 1. The maximum Gasteiger partial charge on any atom is 0.309 e. The lowest BCUT2D eigenvalue weighted by Crippen LogP contribution is -2.60. The summed E-state index contributed by atoms with van der Waals surface area (Å²) in [5.41, 5.74) is 5.82. The van der Waals surface area contributed by atoms with E-state index in [9.17, 15) is 10.0 Å². The second-order valence-electron chi connectivity index (χ2n) is 9.05. The Balaban J connectivity index is 0.00000729. The molecule has 1 saturated heterocycles. The van der Waals surface area contributed by atoms with Gasteiger partial charge in [-0.15, -0.1) is 5.11 Å². The van der Waals surface area contributed by atoms with Crippen molar-refractivity contribution in [3.05, 3.63) is 12.2 Å². The molecule has 0 aliphatic carbocycles. The quantitative estimate of drug-likeness (QED) is 0.195. The minimum atomic E-state index is -0.463. The van der Waals surface area contributed by atoms with Crippen LogP contribution in [-0.4, -0.2) is 39.3 Å². The highest BCUT2D eigenvalue weighted by Crippen LogP contribution is 2.40. The van der Waals surface area contributed by atoms with Gasteiger partial charge in [-0.25, -0.2) is 5.53 Å². The summed E-state index contributed by atoms with van der Waals surface area (Å²) < 4.78 is 5.68. The number of esters is 1. The number of allylic oxidation sites excluding steroid dienone is 1. The van der Waals surface area contributed by atoms with Gasteiger partial charge in [-0.1, -0.05) is 13.0 Å². The van der Waals surface area contributed by atoms with Crippen LogP contribution in [0, 0.1) is 22.8 Å². The lowest BCUT2D eigenvalue weighted by Gasteiger charge is -2.50. The first kappa shape index (κ1) is 26.4. The Bertz CT molecular complexity index is 556. The minimum absolute atomic E-state index is 0. The Labute approximate surface area is 169 Å². The van der Waals surface area contributed by atoms with E-state index < -0.39 is 11.1 Å². The molecule has 8 nitrogen and oxygen atoms in total. The average Bonchev–Trinajstić information content (AvgIpc) is 2.56. The van der Waals surface area contributed by atoms with Crippen LogP contribution < -0.4 is 6.15 Å². The zero-order chi connectivity index (χ0) is 20.8. The largest absolute Gasteiger partial charge is 0.462 e. The molecule has 1 aliphatic rings. The summed E-state index contributed by atoms with van der Waals surface area (Å²) in [5, 5.41) is 22.1. The number of nitrogens with one attached hydrogen (secondary N) is 2. The van der Waals surface area contributed by atoms with Crippen LogP contribution in [0.2, 0.25) is 0 Å². The summed E-state index contributed by atoms with van der Waals surface area (Å²) in [5.74, 6) is -0.146. The summed E-state index contributed by atoms with van der Waals surface area (Å²) in [4.78, 5) is 12.6. The van der Waals surface area contributed by atoms with Crippen LogP contribution >= 0.6 is 0 Å². The Hall–Kier alpha value is -1.64. The maximum absolute atomic E-state index is 12.6. The summed E-state index contributed by atoms with van der Waals surface area (Å²) in [6, 6.07) is 0. The molecule has 8 heteroatoms. The van der Waals surface area contributed by atoms with Gasteiger partial charge in [-0.2, -0.15) is 5.06 Å². The van der Waals surface area contributed by atoms with Gasteiger partial charge >= 0.3 is 5.97 Å². The molecule has 0 radical (unpaired) electrons. The fourth-order valence-electron chi connectivity index (χ4n) is 3.91. The normalized spacial score (nSPS) is 21.5. The lowest BCUT2D eigenvalue weighted by atomic mass is 9.75. The van der Waals surface area contributed by atoms with E-state index in [1.807, 2.05) is 40.7 Å². The Morgan fingerprint density at radius 2 is 1.79 bits per heavy atom. The predicted octanol–water partition coefficient (Wildman–Crippen LogP) is 5.11. The van der Waals surface area contributed by atoms with Gasteiger partial charge in [0.2, 0.25) is 0 Å². The fourth-order valence-corrected chi connectivity index (χ4v) is 3.91. The highest BCUT2D eigenvalue weighted by atomic mass is 16.5. The molecule has 0 aromatic heterocycles. The molecule has 1 aliphatic heterocycles. The molecule has 0 aromatic rings. The second kappa shape index (κ2) is 10.8. The van der Waals surface area contributed by atoms with Crippen molar-refractivity contribution >= 4 is 11.8 Å².